The largest absolute Gasteiger partial charge is 0.411 e. The van der Waals surface area contributed by atoms with Crippen LogP contribution in [-0.4, -0.2) is 216 Å². The van der Waals surface area contributed by atoms with Crippen LogP contribution < -0.4 is 64.6 Å². The molecule has 0 radical (unpaired) electrons. The number of rotatable bonds is 55. The van der Waals surface area contributed by atoms with Crippen molar-refractivity contribution in [1.82, 2.24) is 53.2 Å². The van der Waals surface area contributed by atoms with Gasteiger partial charge >= 0.3 is 0 Å². The zero-order valence-electron chi connectivity index (χ0n) is 52.0. The molecule has 0 bridgehead atoms. The maximum atomic E-state index is 13.4. The van der Waals surface area contributed by atoms with Gasteiger partial charge in [0.05, 0.1) is 86.3 Å². The number of carbonyl (C=O) groups is 9. The maximum absolute atomic E-state index is 13.4. The molecule has 0 saturated carbocycles. The molecule has 29 nitrogen and oxygen atoms in total. The Labute approximate surface area is 502 Å². The minimum absolute atomic E-state index is 0.0157. The van der Waals surface area contributed by atoms with Crippen molar-refractivity contribution in [3.63, 3.8) is 0 Å². The summed E-state index contributed by atoms with van der Waals surface area (Å²) in [6.07, 6.45) is 6.88. The molecule has 0 heterocycles. The van der Waals surface area contributed by atoms with Crippen molar-refractivity contribution in [1.29, 1.82) is 0 Å². The summed E-state index contributed by atoms with van der Waals surface area (Å²) in [4.78, 5) is 111. The first-order valence-electron chi connectivity index (χ1n) is 29.7. The number of likely N-dealkylation sites (N-methyl/N-ethyl adjacent to an activating group) is 2. The summed E-state index contributed by atoms with van der Waals surface area (Å²) in [5.74, 6) is -2.73. The number of hydrogen-bond acceptors (Lipinski definition) is 21. The highest BCUT2D eigenvalue weighted by molar-refractivity contribution is 5.91. The summed E-state index contributed by atoms with van der Waals surface area (Å²) in [7, 11) is 3.33. The third-order valence-corrected chi connectivity index (χ3v) is 14.0. The molecule has 0 aromatic heterocycles. The number of carbonyl (C=O) groups excluding carboxylic acids is 9. The lowest BCUT2D eigenvalue weighted by atomic mass is 9.98. The smallest absolute Gasteiger partial charge is 0.246 e. The Morgan fingerprint density at radius 2 is 0.812 bits per heavy atom. The number of unbranched alkanes of at least 4 members (excludes halogenated alkanes) is 4. The van der Waals surface area contributed by atoms with E-state index in [-0.39, 0.29) is 152 Å². The van der Waals surface area contributed by atoms with Gasteiger partial charge in [-0.15, -0.1) is 0 Å². The van der Waals surface area contributed by atoms with E-state index in [2.05, 4.69) is 63.5 Å². The molecule has 0 aliphatic carbocycles. The normalized spacial score (nSPS) is 13.1. The van der Waals surface area contributed by atoms with E-state index in [0.29, 0.717) is 102 Å². The highest BCUT2D eigenvalue weighted by Gasteiger charge is 2.27. The van der Waals surface area contributed by atoms with Gasteiger partial charge in [-0.3, -0.25) is 43.2 Å². The number of primary amides is 2. The Hall–Kier alpha value is -5.95. The van der Waals surface area contributed by atoms with Crippen LogP contribution in [0.4, 0.5) is 0 Å². The number of Topliss-reactive ketones (excluding diaryl/α,β-unsaturated/α-hetero) is 1. The lowest BCUT2D eigenvalue weighted by molar-refractivity contribution is -0.128. The molecule has 0 unspecified atom stereocenters. The molecule has 0 fully saturated rings. The van der Waals surface area contributed by atoms with E-state index in [1.54, 1.807) is 27.9 Å². The lowest BCUT2D eigenvalue weighted by Crippen LogP contribution is -2.57. The fourth-order valence-corrected chi connectivity index (χ4v) is 7.97. The van der Waals surface area contributed by atoms with Gasteiger partial charge in [-0.1, -0.05) is 23.2 Å². The number of nitrogens with zero attached hydrogens (tertiary/aromatic N) is 2. The van der Waals surface area contributed by atoms with Gasteiger partial charge in [-0.25, -0.2) is 0 Å². The molecule has 29 heteroatoms. The molecular weight excluding hydrogens is 1110 g/mol. The SMILES string of the molecule is CN[C@@H](CCCCCC(=O)[C@H](CCCCNC(=O)CCCC(=O)NC(CNC(C)(C)/C(C)=N\O)CNC(C)(C)/C(C)=N\O)NC(=O)CCCC(=O)NCCOCCOCC(=O)NCCOCCOCC(=O)NCCCC[C@H](NC)C(N)=O)C(N)=O. The number of ketones is 1. The summed E-state index contributed by atoms with van der Waals surface area (Å²) in [6, 6.07) is -2.03. The van der Waals surface area contributed by atoms with Gasteiger partial charge < -0.3 is 94.0 Å². The second kappa shape index (κ2) is 48.2. The first-order chi connectivity index (χ1) is 40.4. The second-order valence-electron chi connectivity index (χ2n) is 21.7. The molecule has 0 saturated heterocycles. The van der Waals surface area contributed by atoms with Crippen molar-refractivity contribution in [2.45, 2.75) is 186 Å². The highest BCUT2D eigenvalue weighted by atomic mass is 16.5. The van der Waals surface area contributed by atoms with E-state index in [1.165, 1.54) is 0 Å². The average molecular weight is 1220 g/mol. The average Bonchev–Trinajstić information content (AvgIpc) is 3.66. The summed E-state index contributed by atoms with van der Waals surface area (Å²) in [6.45, 7) is 13.6. The van der Waals surface area contributed by atoms with Crippen molar-refractivity contribution in [3.8, 4) is 0 Å². The summed E-state index contributed by atoms with van der Waals surface area (Å²) in [5, 5.41) is 54.4. The minimum atomic E-state index is -0.768. The molecule has 0 aliphatic rings. The van der Waals surface area contributed by atoms with Crippen LogP contribution >= 0.6 is 0 Å². The van der Waals surface area contributed by atoms with Crippen LogP contribution in [0, 0.1) is 0 Å². The van der Waals surface area contributed by atoms with Crippen molar-refractivity contribution in [2.75, 3.05) is 106 Å². The molecule has 85 heavy (non-hydrogen) atoms. The molecule has 3 atom stereocenters. The van der Waals surface area contributed by atoms with Crippen LogP contribution in [0.15, 0.2) is 10.3 Å². The fraction of sp³-hybridized carbons (Fsp3) is 0.804. The van der Waals surface area contributed by atoms with Crippen molar-refractivity contribution >= 4 is 64.5 Å². The van der Waals surface area contributed by atoms with Gasteiger partial charge in [0.25, 0.3) is 0 Å². The zero-order chi connectivity index (χ0) is 63.9. The van der Waals surface area contributed by atoms with Gasteiger partial charge in [0, 0.05) is 71.4 Å². The molecule has 8 amide bonds. The molecule has 490 valence electrons. The first kappa shape index (κ1) is 79.0. The van der Waals surface area contributed by atoms with E-state index in [0.717, 1.165) is 6.42 Å². The summed E-state index contributed by atoms with van der Waals surface area (Å²) >= 11 is 0. The number of ether oxygens (including phenoxy) is 4. The van der Waals surface area contributed by atoms with Gasteiger partial charge in [-0.2, -0.15) is 0 Å². The van der Waals surface area contributed by atoms with Crippen molar-refractivity contribution in [3.05, 3.63) is 0 Å². The molecule has 16 N–H and O–H groups in total. The third-order valence-electron chi connectivity index (χ3n) is 14.0. The van der Waals surface area contributed by atoms with E-state index in [1.807, 2.05) is 27.7 Å². The van der Waals surface area contributed by atoms with E-state index >= 15 is 0 Å². The predicted molar refractivity (Wildman–Crippen MR) is 321 cm³/mol. The van der Waals surface area contributed by atoms with Crippen LogP contribution in [0.2, 0.25) is 0 Å². The standard InChI is InChI=1S/C56H106N14O15/c1-40(69-80)55(3,4)65-36-42(37-66-56(5,6)41(2)70-81)67-49(74)24-16-22-47(72)61-26-14-12-18-43(46(71)21-11-9-10-19-44(59-7)53(57)78)68-50(75)25-17-23-48(73)63-28-30-82-32-35-85-39-52(77)64-29-31-83-33-34-84-38-51(76)62-27-15-13-20-45(60-8)54(58)79/h42-45,59-60,65-66,80-81H,9-39H2,1-8H3,(H2,57,78)(H2,58,79)(H,61,72)(H,62,76)(H,63,73)(H,64,77)(H,67,74)(H,68,75)/b69-40-,70-41-/t43-,44-,45-/m0/s1. The lowest BCUT2D eigenvalue weighted by Gasteiger charge is -2.32. The Kier molecular flexibility index (Phi) is 44.8. The van der Waals surface area contributed by atoms with Gasteiger partial charge in [-0.05, 0) is 120 Å². The molecule has 0 rings (SSSR count). The van der Waals surface area contributed by atoms with Gasteiger partial charge in [0.15, 0.2) is 5.78 Å². The zero-order valence-corrected chi connectivity index (χ0v) is 52.0. The van der Waals surface area contributed by atoms with Gasteiger partial charge in [0.2, 0.25) is 47.3 Å². The molecule has 0 aromatic rings. The Morgan fingerprint density at radius 3 is 1.25 bits per heavy atom. The number of nitrogens with one attached hydrogen (secondary N) is 10. The van der Waals surface area contributed by atoms with Crippen LogP contribution in [-0.2, 0) is 62.1 Å². The number of nitrogens with two attached hydrogens (primary N) is 2. The summed E-state index contributed by atoms with van der Waals surface area (Å²) < 4.78 is 21.5. The van der Waals surface area contributed by atoms with E-state index in [4.69, 9.17) is 30.4 Å². The fourth-order valence-electron chi connectivity index (χ4n) is 7.97. The quantitative estimate of drug-likeness (QED) is 0.0155. The number of amides is 8. The Morgan fingerprint density at radius 1 is 0.435 bits per heavy atom. The topological polar surface area (TPSA) is 428 Å². The molecule has 0 aromatic carbocycles. The highest BCUT2D eigenvalue weighted by Crippen LogP contribution is 2.13. The monoisotopic (exact) mass is 1210 g/mol. The molecule has 0 spiro atoms. The van der Waals surface area contributed by atoms with Crippen LogP contribution in [0.5, 0.6) is 0 Å². The third kappa shape index (κ3) is 41.7. The Bertz CT molecular complexity index is 2000. The van der Waals surface area contributed by atoms with Gasteiger partial charge in [0.1, 0.15) is 13.2 Å². The predicted octanol–water partition coefficient (Wildman–Crippen LogP) is -0.729. The second-order valence-corrected chi connectivity index (χ2v) is 21.7. The van der Waals surface area contributed by atoms with Crippen LogP contribution in [0.25, 0.3) is 0 Å². The maximum Gasteiger partial charge on any atom is 0.246 e. The molecular formula is C56H106N14O15. The van der Waals surface area contributed by atoms with Crippen molar-refractivity contribution < 1.29 is 72.5 Å². The van der Waals surface area contributed by atoms with E-state index < -0.39 is 41.0 Å². The van der Waals surface area contributed by atoms with Crippen molar-refractivity contribution in [2.24, 2.45) is 21.8 Å². The van der Waals surface area contributed by atoms with Crippen LogP contribution in [0.1, 0.15) is 151 Å². The number of hydrogen-bond donors (Lipinski definition) is 14. The Balaban J connectivity index is 4.65. The van der Waals surface area contributed by atoms with E-state index in [9.17, 15) is 53.6 Å². The van der Waals surface area contributed by atoms with Crippen LogP contribution in [0.3, 0.4) is 0 Å². The minimum Gasteiger partial charge on any atom is -0.411 e. The number of oxime groups is 2. The molecule has 0 aliphatic heterocycles. The summed E-state index contributed by atoms with van der Waals surface area (Å²) in [5.41, 5.74) is 10.3. The first-order valence-corrected chi connectivity index (χ1v) is 29.7.